The molecule has 0 saturated carbocycles. The highest BCUT2D eigenvalue weighted by Gasteiger charge is 2.43. The summed E-state index contributed by atoms with van der Waals surface area (Å²) >= 11 is 6.28. The number of benzene rings is 1. The highest BCUT2D eigenvalue weighted by Crippen LogP contribution is 2.28. The number of nitrogens with one attached hydrogen (secondary N) is 2. The number of aliphatic carboxylic acids is 1. The van der Waals surface area contributed by atoms with Crippen molar-refractivity contribution in [1.29, 1.82) is 0 Å². The molecule has 0 aliphatic carbocycles. The van der Waals surface area contributed by atoms with Gasteiger partial charge in [-0.2, -0.15) is 4.98 Å². The average Bonchev–Trinajstić information content (AvgIpc) is 3.50. The molecular formula is C29H32ClN7O9. The van der Waals surface area contributed by atoms with Crippen LogP contribution in [0.3, 0.4) is 0 Å². The fourth-order valence-electron chi connectivity index (χ4n) is 4.54. The van der Waals surface area contributed by atoms with E-state index in [9.17, 15) is 29.4 Å². The zero-order valence-corrected chi connectivity index (χ0v) is 25.7. The number of carboxylic acid groups (broad SMARTS) is 1. The SMILES string of the molecule is COC(=O)CC(O)(CC(=O)O[C@H]1CCCN1c1ncc(C(=O)NCc2ncccn2)c(NCc2ccc(OC)c(Cl)c2)n1)C(=O)O. The van der Waals surface area contributed by atoms with Gasteiger partial charge in [0.2, 0.25) is 5.95 Å². The first-order chi connectivity index (χ1) is 22.0. The van der Waals surface area contributed by atoms with Gasteiger partial charge in [-0.3, -0.25) is 14.4 Å². The fraction of sp³-hybridized carbons (Fsp3) is 0.379. The number of ether oxygens (including phenoxy) is 3. The Hall–Kier alpha value is -5.09. The molecular weight excluding hydrogens is 626 g/mol. The van der Waals surface area contributed by atoms with Crippen LogP contribution in [0.25, 0.3) is 0 Å². The standard InChI is InChI=1S/C29H32ClN7O9/c1-44-20-7-6-17(11-19(20)30)14-33-25-18(26(40)34-16-21-31-8-4-9-32-21)15-35-28(36-25)37-10-3-5-22(37)46-24(39)13-29(43,27(41)42)12-23(38)45-2/h4,6-9,11,15,22,43H,3,5,10,12-14,16H2,1-2H3,(H,34,40)(H,41,42)(H,33,35,36)/t22-,29?/m0/s1. The lowest BCUT2D eigenvalue weighted by Crippen LogP contribution is -2.44. The van der Waals surface area contributed by atoms with Gasteiger partial charge in [0.25, 0.3) is 5.91 Å². The van der Waals surface area contributed by atoms with Gasteiger partial charge in [0, 0.05) is 38.1 Å². The summed E-state index contributed by atoms with van der Waals surface area (Å²) in [5, 5.41) is 26.2. The third kappa shape index (κ3) is 8.54. The van der Waals surface area contributed by atoms with Crippen LogP contribution in [0.5, 0.6) is 5.75 Å². The number of carbonyl (C=O) groups excluding carboxylic acids is 3. The molecule has 1 aliphatic rings. The molecule has 2 aromatic heterocycles. The molecule has 244 valence electrons. The quantitative estimate of drug-likeness (QED) is 0.182. The molecule has 1 fully saturated rings. The number of esters is 2. The topological polar surface area (TPSA) is 215 Å². The van der Waals surface area contributed by atoms with E-state index in [0.717, 1.165) is 12.7 Å². The van der Waals surface area contributed by atoms with E-state index >= 15 is 0 Å². The van der Waals surface area contributed by atoms with Gasteiger partial charge in [0.15, 0.2) is 11.8 Å². The van der Waals surface area contributed by atoms with Gasteiger partial charge >= 0.3 is 17.9 Å². The Morgan fingerprint density at radius 1 is 1.09 bits per heavy atom. The van der Waals surface area contributed by atoms with E-state index in [1.165, 1.54) is 13.3 Å². The largest absolute Gasteiger partial charge is 0.495 e. The number of carboxylic acids is 1. The van der Waals surface area contributed by atoms with Crippen molar-refractivity contribution < 1.29 is 43.6 Å². The Morgan fingerprint density at radius 2 is 1.83 bits per heavy atom. The van der Waals surface area contributed by atoms with Crippen molar-refractivity contribution in [3.8, 4) is 5.75 Å². The summed E-state index contributed by atoms with van der Waals surface area (Å²) in [5.74, 6) is -3.15. The Labute approximate surface area is 268 Å². The van der Waals surface area contributed by atoms with Crippen molar-refractivity contribution in [2.75, 3.05) is 31.0 Å². The van der Waals surface area contributed by atoms with E-state index in [1.54, 1.807) is 41.6 Å². The van der Waals surface area contributed by atoms with Crippen LogP contribution in [0.2, 0.25) is 5.02 Å². The highest BCUT2D eigenvalue weighted by molar-refractivity contribution is 6.32. The van der Waals surface area contributed by atoms with E-state index < -0.39 is 48.5 Å². The fourth-order valence-corrected chi connectivity index (χ4v) is 4.82. The first-order valence-electron chi connectivity index (χ1n) is 14.0. The Bertz CT molecular complexity index is 1580. The zero-order valence-electron chi connectivity index (χ0n) is 24.9. The number of aliphatic hydroxyl groups is 1. The minimum Gasteiger partial charge on any atom is -0.495 e. The number of hydrogen-bond acceptors (Lipinski definition) is 14. The molecule has 1 unspecified atom stereocenters. The van der Waals surface area contributed by atoms with Crippen LogP contribution in [-0.2, 0) is 36.9 Å². The Kier molecular flexibility index (Phi) is 11.2. The van der Waals surface area contributed by atoms with E-state index in [2.05, 4.69) is 35.3 Å². The number of rotatable bonds is 14. The molecule has 4 N–H and O–H groups in total. The number of aromatic nitrogens is 4. The first-order valence-corrected chi connectivity index (χ1v) is 14.4. The molecule has 46 heavy (non-hydrogen) atoms. The summed E-state index contributed by atoms with van der Waals surface area (Å²) in [6.07, 6.45) is 2.50. The van der Waals surface area contributed by atoms with Crippen molar-refractivity contribution in [1.82, 2.24) is 25.3 Å². The van der Waals surface area contributed by atoms with E-state index in [4.69, 9.17) is 21.1 Å². The van der Waals surface area contributed by atoms with Gasteiger partial charge in [-0.1, -0.05) is 17.7 Å². The van der Waals surface area contributed by atoms with Crippen LogP contribution in [0.15, 0.2) is 42.9 Å². The van der Waals surface area contributed by atoms with Gasteiger partial charge in [-0.15, -0.1) is 0 Å². The molecule has 0 radical (unpaired) electrons. The minimum atomic E-state index is -2.72. The number of hydrogen-bond donors (Lipinski definition) is 4. The lowest BCUT2D eigenvalue weighted by atomic mass is 9.96. The number of nitrogens with zero attached hydrogens (tertiary/aromatic N) is 5. The highest BCUT2D eigenvalue weighted by atomic mass is 35.5. The smallest absolute Gasteiger partial charge is 0.336 e. The summed E-state index contributed by atoms with van der Waals surface area (Å²) in [6.45, 7) is 0.639. The lowest BCUT2D eigenvalue weighted by molar-refractivity contribution is -0.174. The molecule has 3 heterocycles. The first kappa shape index (κ1) is 33.8. The van der Waals surface area contributed by atoms with E-state index in [1.807, 2.05) is 0 Å². The summed E-state index contributed by atoms with van der Waals surface area (Å²) in [4.78, 5) is 67.9. The van der Waals surface area contributed by atoms with Crippen molar-refractivity contribution >= 4 is 47.2 Å². The molecule has 0 spiro atoms. The third-order valence-electron chi connectivity index (χ3n) is 6.94. The Balaban J connectivity index is 1.54. The number of anilines is 2. The van der Waals surface area contributed by atoms with Crippen LogP contribution >= 0.6 is 11.6 Å². The summed E-state index contributed by atoms with van der Waals surface area (Å²) in [6, 6.07) is 6.86. The molecule has 3 aromatic rings. The predicted molar refractivity (Wildman–Crippen MR) is 161 cm³/mol. The monoisotopic (exact) mass is 657 g/mol. The number of halogens is 1. The molecule has 1 saturated heterocycles. The number of methoxy groups -OCH3 is 2. The maximum atomic E-state index is 13.2. The van der Waals surface area contributed by atoms with Crippen molar-refractivity contribution in [2.45, 2.75) is 50.6 Å². The molecule has 2 atom stereocenters. The van der Waals surface area contributed by atoms with Crippen molar-refractivity contribution in [3.63, 3.8) is 0 Å². The molecule has 1 aromatic carbocycles. The summed E-state index contributed by atoms with van der Waals surface area (Å²) in [7, 11) is 2.53. The maximum absolute atomic E-state index is 13.2. The lowest BCUT2D eigenvalue weighted by Gasteiger charge is -2.27. The van der Waals surface area contributed by atoms with Gasteiger partial charge in [-0.25, -0.2) is 19.7 Å². The molecule has 1 aliphatic heterocycles. The Morgan fingerprint density at radius 3 is 2.50 bits per heavy atom. The van der Waals surface area contributed by atoms with Gasteiger partial charge in [0.05, 0.1) is 38.6 Å². The van der Waals surface area contributed by atoms with Crippen LogP contribution in [0, 0.1) is 0 Å². The molecule has 1 amide bonds. The zero-order chi connectivity index (χ0) is 33.3. The second-order valence-electron chi connectivity index (χ2n) is 10.1. The summed E-state index contributed by atoms with van der Waals surface area (Å²) < 4.78 is 15.1. The molecule has 0 bridgehead atoms. The van der Waals surface area contributed by atoms with Crippen LogP contribution in [0.4, 0.5) is 11.8 Å². The van der Waals surface area contributed by atoms with E-state index in [-0.39, 0.29) is 30.4 Å². The van der Waals surface area contributed by atoms with Gasteiger partial charge in [0.1, 0.15) is 23.0 Å². The number of carbonyl (C=O) groups is 4. The van der Waals surface area contributed by atoms with Crippen molar-refractivity contribution in [3.05, 3.63) is 64.8 Å². The maximum Gasteiger partial charge on any atom is 0.336 e. The van der Waals surface area contributed by atoms with Gasteiger partial charge in [-0.05, 0) is 30.2 Å². The second kappa shape index (κ2) is 15.3. The normalized spacial score (nSPS) is 15.4. The summed E-state index contributed by atoms with van der Waals surface area (Å²) in [5.41, 5.74) is -1.84. The van der Waals surface area contributed by atoms with Gasteiger partial charge < -0.3 is 40.0 Å². The van der Waals surface area contributed by atoms with Crippen LogP contribution < -0.4 is 20.3 Å². The minimum absolute atomic E-state index is 0.0533. The van der Waals surface area contributed by atoms with Crippen molar-refractivity contribution in [2.24, 2.45) is 0 Å². The average molecular weight is 658 g/mol. The molecule has 4 rings (SSSR count). The number of amides is 1. The van der Waals surface area contributed by atoms with Crippen LogP contribution in [-0.4, -0.2) is 86.6 Å². The molecule has 16 nitrogen and oxygen atoms in total. The van der Waals surface area contributed by atoms with Crippen LogP contribution in [0.1, 0.15) is 47.4 Å². The second-order valence-corrected chi connectivity index (χ2v) is 10.6. The van der Waals surface area contributed by atoms with E-state index in [0.29, 0.717) is 36.0 Å². The predicted octanol–water partition coefficient (Wildman–Crippen LogP) is 1.71. The molecule has 17 heteroatoms. The third-order valence-corrected chi connectivity index (χ3v) is 7.24.